The van der Waals surface area contributed by atoms with Crippen LogP contribution in [0.1, 0.15) is 51.7 Å². The van der Waals surface area contributed by atoms with Gasteiger partial charge in [0.05, 0.1) is 10.5 Å². The Labute approximate surface area is 154 Å². The molecule has 1 aromatic carbocycles. The number of nitrogens with zero attached hydrogens (tertiary/aromatic N) is 1. The summed E-state index contributed by atoms with van der Waals surface area (Å²) in [5, 5.41) is 21.1. The van der Waals surface area contributed by atoms with Gasteiger partial charge in [-0.05, 0) is 48.3 Å². The molecule has 0 bridgehead atoms. The van der Waals surface area contributed by atoms with Crippen molar-refractivity contribution in [3.05, 3.63) is 52.1 Å². The maximum absolute atomic E-state index is 12.5. The van der Waals surface area contributed by atoms with Crippen molar-refractivity contribution in [3.8, 4) is 0 Å². The van der Waals surface area contributed by atoms with E-state index < -0.39 is 17.0 Å². The predicted molar refractivity (Wildman–Crippen MR) is 98.4 cm³/mol. The zero-order valence-corrected chi connectivity index (χ0v) is 15.6. The number of carbonyl (C=O) groups is 1. The molecule has 6 nitrogen and oxygen atoms in total. The highest BCUT2D eigenvalue weighted by molar-refractivity contribution is 5.89. The molecule has 4 unspecified atom stereocenters. The van der Waals surface area contributed by atoms with Gasteiger partial charge in [-0.3, -0.25) is 10.1 Å². The molecule has 1 aliphatic carbocycles. The third-order valence-electron chi connectivity index (χ3n) is 5.23. The molecule has 0 radical (unpaired) electrons. The first kappa shape index (κ1) is 20.1. The molecule has 0 spiro atoms. The van der Waals surface area contributed by atoms with E-state index in [4.69, 9.17) is 4.74 Å². The Bertz CT molecular complexity index is 667. The van der Waals surface area contributed by atoms with Crippen LogP contribution in [0.2, 0.25) is 0 Å². The molecule has 0 saturated heterocycles. The Balaban J connectivity index is 2.05. The number of benzene rings is 1. The molecule has 1 aliphatic rings. The van der Waals surface area contributed by atoms with E-state index in [9.17, 15) is 20.0 Å². The van der Waals surface area contributed by atoms with Gasteiger partial charge in [-0.2, -0.15) is 0 Å². The monoisotopic (exact) mass is 361 g/mol. The maximum Gasteiger partial charge on any atom is 0.336 e. The van der Waals surface area contributed by atoms with Gasteiger partial charge in [0.1, 0.15) is 12.2 Å². The van der Waals surface area contributed by atoms with Crippen molar-refractivity contribution in [1.29, 1.82) is 0 Å². The fourth-order valence-electron chi connectivity index (χ4n) is 3.55. The summed E-state index contributed by atoms with van der Waals surface area (Å²) in [6.07, 6.45) is 1.54. The number of non-ortho nitro benzene ring substituents is 1. The zero-order valence-electron chi connectivity index (χ0n) is 15.6. The smallest absolute Gasteiger partial charge is 0.336 e. The Morgan fingerprint density at radius 1 is 1.31 bits per heavy atom. The third kappa shape index (κ3) is 4.69. The summed E-state index contributed by atoms with van der Waals surface area (Å²) in [6, 6.07) is 5.41. The number of aliphatic hydroxyl groups is 1. The van der Waals surface area contributed by atoms with Crippen LogP contribution in [-0.4, -0.2) is 22.1 Å². The zero-order chi connectivity index (χ0) is 19.4. The van der Waals surface area contributed by atoms with Crippen LogP contribution in [0.25, 0.3) is 0 Å². The summed E-state index contributed by atoms with van der Waals surface area (Å²) in [7, 11) is 0. The van der Waals surface area contributed by atoms with E-state index in [0.717, 1.165) is 19.3 Å². The summed E-state index contributed by atoms with van der Waals surface area (Å²) in [6.45, 7) is 10.1. The summed E-state index contributed by atoms with van der Waals surface area (Å²) < 4.78 is 5.70. The number of hydrogen-bond donors (Lipinski definition) is 1. The molecule has 1 N–H and O–H groups in total. The highest BCUT2D eigenvalue weighted by Crippen LogP contribution is 2.36. The minimum atomic E-state index is -1.25. The molecule has 0 aromatic heterocycles. The number of hydrogen-bond acceptors (Lipinski definition) is 5. The molecule has 26 heavy (non-hydrogen) atoms. The summed E-state index contributed by atoms with van der Waals surface area (Å²) in [5.41, 5.74) is 0.236. The number of rotatable bonds is 6. The van der Waals surface area contributed by atoms with Crippen LogP contribution in [0.15, 0.2) is 36.4 Å². The fourth-order valence-corrected chi connectivity index (χ4v) is 3.55. The first-order valence-electron chi connectivity index (χ1n) is 9.02. The lowest BCUT2D eigenvalue weighted by molar-refractivity contribution is -0.384. The molecular formula is C20H27NO5. The molecule has 0 amide bonds. The van der Waals surface area contributed by atoms with Crippen molar-refractivity contribution >= 4 is 11.7 Å². The fraction of sp³-hybridized carbons (Fsp3) is 0.550. The van der Waals surface area contributed by atoms with Gasteiger partial charge in [0.2, 0.25) is 0 Å². The predicted octanol–water partition coefficient (Wildman–Crippen LogP) is 4.19. The topological polar surface area (TPSA) is 89.7 Å². The van der Waals surface area contributed by atoms with Crippen LogP contribution in [0.4, 0.5) is 5.69 Å². The Morgan fingerprint density at radius 2 is 1.92 bits per heavy atom. The van der Waals surface area contributed by atoms with E-state index in [1.807, 2.05) is 0 Å². The quantitative estimate of drug-likeness (QED) is 0.355. The van der Waals surface area contributed by atoms with Crippen molar-refractivity contribution in [2.24, 2.45) is 17.8 Å². The van der Waals surface area contributed by atoms with Gasteiger partial charge in [0, 0.05) is 12.1 Å². The number of esters is 1. The van der Waals surface area contributed by atoms with Crippen molar-refractivity contribution in [2.75, 3.05) is 0 Å². The van der Waals surface area contributed by atoms with Crippen LogP contribution >= 0.6 is 0 Å². The summed E-state index contributed by atoms with van der Waals surface area (Å²) in [5.74, 6) is 0.601. The third-order valence-corrected chi connectivity index (χ3v) is 5.23. The second-order valence-corrected chi connectivity index (χ2v) is 7.55. The lowest BCUT2D eigenvalue weighted by atomic mass is 9.75. The number of aliphatic hydroxyl groups excluding tert-OH is 1. The Kier molecular flexibility index (Phi) is 6.53. The first-order chi connectivity index (χ1) is 12.2. The van der Waals surface area contributed by atoms with E-state index >= 15 is 0 Å². The van der Waals surface area contributed by atoms with Crippen LogP contribution in [-0.2, 0) is 9.53 Å². The maximum atomic E-state index is 12.5. The molecule has 0 aliphatic heterocycles. The largest absolute Gasteiger partial charge is 0.459 e. The van der Waals surface area contributed by atoms with Gasteiger partial charge < -0.3 is 9.84 Å². The highest BCUT2D eigenvalue weighted by atomic mass is 16.6. The first-order valence-corrected chi connectivity index (χ1v) is 9.02. The van der Waals surface area contributed by atoms with Crippen LogP contribution < -0.4 is 0 Å². The SMILES string of the molecule is C=C(C(=O)OC1CC(C)CCC1C(C)C)C(O)c1ccc([N+](=O)[O-])cc1. The van der Waals surface area contributed by atoms with Crippen molar-refractivity contribution in [1.82, 2.24) is 0 Å². The standard InChI is InChI=1S/C20H27NO5/c1-12(2)17-10-5-13(3)11-18(17)26-20(23)14(4)19(22)15-6-8-16(9-7-15)21(24)25/h6-9,12-13,17-19,22H,4-5,10-11H2,1-3H3. The molecule has 6 heteroatoms. The van der Waals surface area contributed by atoms with Gasteiger partial charge in [0.25, 0.3) is 5.69 Å². The number of carbonyl (C=O) groups excluding carboxylic acids is 1. The lowest BCUT2D eigenvalue weighted by Gasteiger charge is -2.37. The second-order valence-electron chi connectivity index (χ2n) is 7.55. The highest BCUT2D eigenvalue weighted by Gasteiger charge is 2.34. The summed E-state index contributed by atoms with van der Waals surface area (Å²) in [4.78, 5) is 22.7. The van der Waals surface area contributed by atoms with Gasteiger partial charge in [0.15, 0.2) is 0 Å². The Hall–Kier alpha value is -2.21. The molecule has 1 aromatic rings. The van der Waals surface area contributed by atoms with Gasteiger partial charge in [-0.25, -0.2) is 4.79 Å². The Morgan fingerprint density at radius 3 is 2.46 bits per heavy atom. The van der Waals surface area contributed by atoms with Gasteiger partial charge >= 0.3 is 5.97 Å². The van der Waals surface area contributed by atoms with E-state index in [1.165, 1.54) is 24.3 Å². The normalized spacial score (nSPS) is 24.1. The van der Waals surface area contributed by atoms with Gasteiger partial charge in [-0.1, -0.05) is 33.8 Å². The van der Waals surface area contributed by atoms with E-state index in [-0.39, 0.29) is 17.4 Å². The second kappa shape index (κ2) is 8.45. The molecule has 142 valence electrons. The minimum absolute atomic E-state index is 0.0559. The molecule has 1 saturated carbocycles. The molecule has 0 heterocycles. The van der Waals surface area contributed by atoms with E-state index in [0.29, 0.717) is 23.3 Å². The molecular weight excluding hydrogens is 334 g/mol. The van der Waals surface area contributed by atoms with E-state index in [2.05, 4.69) is 27.4 Å². The van der Waals surface area contributed by atoms with Crippen molar-refractivity contribution in [3.63, 3.8) is 0 Å². The minimum Gasteiger partial charge on any atom is -0.459 e. The van der Waals surface area contributed by atoms with Crippen LogP contribution in [0.5, 0.6) is 0 Å². The van der Waals surface area contributed by atoms with Gasteiger partial charge in [-0.15, -0.1) is 0 Å². The van der Waals surface area contributed by atoms with Crippen LogP contribution in [0.3, 0.4) is 0 Å². The number of nitro groups is 1. The average Bonchev–Trinajstić information content (AvgIpc) is 2.60. The average molecular weight is 361 g/mol. The molecule has 1 fully saturated rings. The summed E-state index contributed by atoms with van der Waals surface area (Å²) >= 11 is 0. The lowest BCUT2D eigenvalue weighted by Crippen LogP contribution is -2.36. The van der Waals surface area contributed by atoms with E-state index in [1.54, 1.807) is 0 Å². The molecule has 2 rings (SSSR count). The van der Waals surface area contributed by atoms with Crippen molar-refractivity contribution in [2.45, 2.75) is 52.2 Å². The molecule has 4 atom stereocenters. The van der Waals surface area contributed by atoms with Crippen molar-refractivity contribution < 1.29 is 19.6 Å². The van der Waals surface area contributed by atoms with Crippen LogP contribution in [0, 0.1) is 27.9 Å². The number of nitro benzene ring substituents is 1. The number of ether oxygens (including phenoxy) is 1.